The zero-order chi connectivity index (χ0) is 12.3. The van der Waals surface area contributed by atoms with Crippen molar-refractivity contribution >= 4 is 27.5 Å². The van der Waals surface area contributed by atoms with Gasteiger partial charge in [0.1, 0.15) is 5.60 Å². The Balaban J connectivity index is 1.85. The van der Waals surface area contributed by atoms with Crippen LogP contribution in [0, 0.1) is 0 Å². The minimum absolute atomic E-state index is 0.418. The average molecular weight is 321 g/mol. The van der Waals surface area contributed by atoms with E-state index in [2.05, 4.69) is 21.2 Å². The molecule has 0 bridgehead atoms. The fourth-order valence-corrected chi connectivity index (χ4v) is 2.65. The third-order valence-electron chi connectivity index (χ3n) is 2.87. The van der Waals surface area contributed by atoms with E-state index in [9.17, 15) is 5.11 Å². The molecule has 1 aliphatic heterocycles. The second kappa shape index (κ2) is 5.67. The summed E-state index contributed by atoms with van der Waals surface area (Å²) in [5.41, 5.74) is 0.413. The molecule has 0 spiro atoms. The van der Waals surface area contributed by atoms with E-state index in [1.165, 1.54) is 0 Å². The first kappa shape index (κ1) is 13.3. The van der Waals surface area contributed by atoms with E-state index < -0.39 is 5.60 Å². The van der Waals surface area contributed by atoms with Gasteiger partial charge in [-0.25, -0.2) is 0 Å². The summed E-state index contributed by atoms with van der Waals surface area (Å²) in [6.07, 6.45) is 0.696. The smallest absolute Gasteiger partial charge is 0.102 e. The third-order valence-corrected chi connectivity index (χ3v) is 3.84. The van der Waals surface area contributed by atoms with Gasteiger partial charge in [0.15, 0.2) is 0 Å². The van der Waals surface area contributed by atoms with Gasteiger partial charge >= 0.3 is 0 Å². The second-order valence-electron chi connectivity index (χ2n) is 4.37. The molecule has 94 valence electrons. The van der Waals surface area contributed by atoms with Crippen molar-refractivity contribution in [3.8, 4) is 0 Å². The van der Waals surface area contributed by atoms with Crippen molar-refractivity contribution in [2.45, 2.75) is 18.6 Å². The van der Waals surface area contributed by atoms with Gasteiger partial charge in [0.25, 0.3) is 0 Å². The zero-order valence-corrected chi connectivity index (χ0v) is 11.7. The predicted octanol–water partition coefficient (Wildman–Crippen LogP) is 2.34. The fourth-order valence-electron chi connectivity index (χ4n) is 1.83. The number of hydrogen-bond donors (Lipinski definition) is 2. The van der Waals surface area contributed by atoms with Crippen LogP contribution in [0.25, 0.3) is 0 Å². The Bertz CT molecular complexity index is 394. The molecule has 0 saturated carbocycles. The molecule has 5 heteroatoms. The standard InChI is InChI=1S/C12H15BrClNO2/c13-11-5-10(14)2-1-9(11)6-15-7-12(16)3-4-17-8-12/h1-2,5,15-16H,3-4,6-8H2. The summed E-state index contributed by atoms with van der Waals surface area (Å²) in [7, 11) is 0. The van der Waals surface area contributed by atoms with E-state index in [1.54, 1.807) is 0 Å². The Labute approximate surface area is 114 Å². The van der Waals surface area contributed by atoms with Crippen molar-refractivity contribution in [3.05, 3.63) is 33.3 Å². The van der Waals surface area contributed by atoms with Gasteiger partial charge < -0.3 is 15.2 Å². The Morgan fingerprint density at radius 2 is 2.35 bits per heavy atom. The van der Waals surface area contributed by atoms with Gasteiger partial charge in [-0.05, 0) is 17.7 Å². The summed E-state index contributed by atoms with van der Waals surface area (Å²) in [5, 5.41) is 14.0. The van der Waals surface area contributed by atoms with Crippen LogP contribution < -0.4 is 5.32 Å². The molecule has 1 fully saturated rings. The lowest BCUT2D eigenvalue weighted by Crippen LogP contribution is -2.40. The second-order valence-corrected chi connectivity index (χ2v) is 5.66. The highest BCUT2D eigenvalue weighted by Gasteiger charge is 2.31. The Morgan fingerprint density at radius 3 is 3.00 bits per heavy atom. The van der Waals surface area contributed by atoms with E-state index in [0.717, 1.165) is 10.0 Å². The predicted molar refractivity (Wildman–Crippen MR) is 71.2 cm³/mol. The first-order valence-electron chi connectivity index (χ1n) is 5.54. The minimum atomic E-state index is -0.709. The molecule has 1 heterocycles. The van der Waals surface area contributed by atoms with Gasteiger partial charge in [0, 0.05) is 35.6 Å². The Kier molecular flexibility index (Phi) is 4.44. The summed E-state index contributed by atoms with van der Waals surface area (Å²) >= 11 is 9.33. The van der Waals surface area contributed by atoms with Crippen LogP contribution in [-0.4, -0.2) is 30.5 Å². The number of ether oxygens (including phenoxy) is 1. The van der Waals surface area contributed by atoms with Crippen LogP contribution in [0.5, 0.6) is 0 Å². The van der Waals surface area contributed by atoms with Crippen molar-refractivity contribution in [1.82, 2.24) is 5.32 Å². The van der Waals surface area contributed by atoms with Crippen molar-refractivity contribution in [2.75, 3.05) is 19.8 Å². The van der Waals surface area contributed by atoms with Crippen LogP contribution in [0.3, 0.4) is 0 Å². The first-order valence-corrected chi connectivity index (χ1v) is 6.71. The van der Waals surface area contributed by atoms with Crippen LogP contribution >= 0.6 is 27.5 Å². The van der Waals surface area contributed by atoms with Crippen molar-refractivity contribution < 1.29 is 9.84 Å². The fraction of sp³-hybridized carbons (Fsp3) is 0.500. The van der Waals surface area contributed by atoms with Crippen molar-refractivity contribution in [3.63, 3.8) is 0 Å². The molecule has 1 saturated heterocycles. The molecule has 0 aromatic heterocycles. The molecule has 1 atom stereocenters. The number of nitrogens with one attached hydrogen (secondary N) is 1. The molecule has 0 radical (unpaired) electrons. The van der Waals surface area contributed by atoms with Crippen LogP contribution in [0.2, 0.25) is 5.02 Å². The van der Waals surface area contributed by atoms with Gasteiger partial charge in [-0.1, -0.05) is 33.6 Å². The van der Waals surface area contributed by atoms with Crippen molar-refractivity contribution in [1.29, 1.82) is 0 Å². The number of aliphatic hydroxyl groups is 1. The maximum atomic E-state index is 10.1. The van der Waals surface area contributed by atoms with E-state index in [4.69, 9.17) is 16.3 Å². The lowest BCUT2D eigenvalue weighted by molar-refractivity contribution is 0.0268. The SMILES string of the molecule is OC1(CNCc2ccc(Cl)cc2Br)CCOC1. The molecule has 1 unspecified atom stereocenters. The number of halogens is 2. The van der Waals surface area contributed by atoms with E-state index in [1.807, 2.05) is 18.2 Å². The van der Waals surface area contributed by atoms with Crippen LogP contribution in [-0.2, 0) is 11.3 Å². The summed E-state index contributed by atoms with van der Waals surface area (Å²) in [6.45, 7) is 2.30. The highest BCUT2D eigenvalue weighted by atomic mass is 79.9. The molecule has 1 aromatic rings. The molecular weight excluding hydrogens is 305 g/mol. The van der Waals surface area contributed by atoms with Crippen LogP contribution in [0.15, 0.2) is 22.7 Å². The molecular formula is C12H15BrClNO2. The highest BCUT2D eigenvalue weighted by molar-refractivity contribution is 9.10. The molecule has 1 aromatic carbocycles. The summed E-state index contributed by atoms with van der Waals surface area (Å²) in [5.74, 6) is 0. The normalized spacial score (nSPS) is 24.2. The van der Waals surface area contributed by atoms with Crippen LogP contribution in [0.4, 0.5) is 0 Å². The average Bonchev–Trinajstić information content (AvgIpc) is 2.69. The maximum Gasteiger partial charge on any atom is 0.102 e. The largest absolute Gasteiger partial charge is 0.386 e. The van der Waals surface area contributed by atoms with Gasteiger partial charge in [0.05, 0.1) is 6.61 Å². The molecule has 0 amide bonds. The van der Waals surface area contributed by atoms with Gasteiger partial charge in [-0.15, -0.1) is 0 Å². The highest BCUT2D eigenvalue weighted by Crippen LogP contribution is 2.22. The molecule has 0 aliphatic carbocycles. The van der Waals surface area contributed by atoms with Crippen molar-refractivity contribution in [2.24, 2.45) is 0 Å². The van der Waals surface area contributed by atoms with Gasteiger partial charge in [0.2, 0.25) is 0 Å². The molecule has 17 heavy (non-hydrogen) atoms. The summed E-state index contributed by atoms with van der Waals surface area (Å²) in [6, 6.07) is 5.69. The lowest BCUT2D eigenvalue weighted by Gasteiger charge is -2.20. The summed E-state index contributed by atoms with van der Waals surface area (Å²) < 4.78 is 6.16. The maximum absolute atomic E-state index is 10.1. The van der Waals surface area contributed by atoms with E-state index in [0.29, 0.717) is 37.7 Å². The van der Waals surface area contributed by atoms with Gasteiger partial charge in [-0.3, -0.25) is 0 Å². The van der Waals surface area contributed by atoms with Crippen LogP contribution in [0.1, 0.15) is 12.0 Å². The van der Waals surface area contributed by atoms with E-state index >= 15 is 0 Å². The monoisotopic (exact) mass is 319 g/mol. The summed E-state index contributed by atoms with van der Waals surface area (Å²) in [4.78, 5) is 0. The molecule has 2 rings (SSSR count). The van der Waals surface area contributed by atoms with E-state index in [-0.39, 0.29) is 0 Å². The number of rotatable bonds is 4. The topological polar surface area (TPSA) is 41.5 Å². The number of benzene rings is 1. The minimum Gasteiger partial charge on any atom is -0.386 e. The Morgan fingerprint density at radius 1 is 1.53 bits per heavy atom. The third kappa shape index (κ3) is 3.66. The zero-order valence-electron chi connectivity index (χ0n) is 9.38. The first-order chi connectivity index (χ1) is 8.09. The Hall–Kier alpha value is -0.130. The molecule has 2 N–H and O–H groups in total. The lowest BCUT2D eigenvalue weighted by atomic mass is 10.0. The molecule has 3 nitrogen and oxygen atoms in total. The number of hydrogen-bond acceptors (Lipinski definition) is 3. The quantitative estimate of drug-likeness (QED) is 0.895. The van der Waals surface area contributed by atoms with Gasteiger partial charge in [-0.2, -0.15) is 0 Å². The molecule has 1 aliphatic rings.